The number of hydrogen-bond acceptors (Lipinski definition) is 8. The second kappa shape index (κ2) is 8.04. The second-order valence-electron chi connectivity index (χ2n) is 6.93. The van der Waals surface area contributed by atoms with Gasteiger partial charge in [-0.3, -0.25) is 14.6 Å². The lowest BCUT2D eigenvalue weighted by molar-refractivity contribution is -0.147. The number of fused-ring (bicyclic) bond motifs is 1. The molecule has 0 aliphatic carbocycles. The molecule has 152 valence electrons. The summed E-state index contributed by atoms with van der Waals surface area (Å²) in [5, 5.41) is 16.6. The Morgan fingerprint density at radius 2 is 2.28 bits per heavy atom. The number of allylic oxidation sites excluding steroid dienone is 1. The first-order chi connectivity index (χ1) is 14.1. The molecule has 1 atom stereocenters. The minimum Gasteiger partial charge on any atom is -0.465 e. The normalized spacial score (nSPS) is 23.2. The molecule has 1 unspecified atom stereocenters. The smallest absolute Gasteiger partial charge is 0.326 e. The molecule has 2 N–H and O–H groups in total. The van der Waals surface area contributed by atoms with Crippen molar-refractivity contribution in [2.45, 2.75) is 25.9 Å². The van der Waals surface area contributed by atoms with Gasteiger partial charge in [0.1, 0.15) is 5.65 Å². The fourth-order valence-electron chi connectivity index (χ4n) is 3.42. The zero-order valence-corrected chi connectivity index (χ0v) is 16.0. The fourth-order valence-corrected chi connectivity index (χ4v) is 3.42. The van der Waals surface area contributed by atoms with Crippen LogP contribution in [0.25, 0.3) is 17.1 Å². The summed E-state index contributed by atoms with van der Waals surface area (Å²) < 4.78 is 10.8. The maximum Gasteiger partial charge on any atom is 0.326 e. The minimum absolute atomic E-state index is 0.00839. The molecular formula is C20H22N4O5. The van der Waals surface area contributed by atoms with E-state index in [9.17, 15) is 14.7 Å². The number of esters is 1. The lowest BCUT2D eigenvalue weighted by Gasteiger charge is -2.27. The van der Waals surface area contributed by atoms with E-state index in [1.807, 2.05) is 6.07 Å². The van der Waals surface area contributed by atoms with Gasteiger partial charge >= 0.3 is 5.97 Å². The highest BCUT2D eigenvalue weighted by Gasteiger charge is 2.45. The molecule has 9 nitrogen and oxygen atoms in total. The van der Waals surface area contributed by atoms with E-state index in [0.717, 1.165) is 10.9 Å². The number of carbonyl (C=O) groups is 2. The molecule has 2 aromatic heterocycles. The van der Waals surface area contributed by atoms with Gasteiger partial charge in [0.2, 0.25) is 17.6 Å². The molecule has 0 spiro atoms. The first-order valence-corrected chi connectivity index (χ1v) is 9.61. The van der Waals surface area contributed by atoms with Crippen LogP contribution in [-0.4, -0.2) is 63.5 Å². The van der Waals surface area contributed by atoms with Gasteiger partial charge in [0, 0.05) is 36.4 Å². The van der Waals surface area contributed by atoms with Crippen molar-refractivity contribution in [2.24, 2.45) is 11.0 Å². The summed E-state index contributed by atoms with van der Waals surface area (Å²) in [4.78, 5) is 32.6. The van der Waals surface area contributed by atoms with E-state index in [1.165, 1.54) is 0 Å². The number of carbonyl (C=O) groups excluding carboxylic acids is 2. The summed E-state index contributed by atoms with van der Waals surface area (Å²) in [6, 6.07) is 3.68. The molecule has 2 aromatic rings. The van der Waals surface area contributed by atoms with Crippen molar-refractivity contribution in [1.29, 1.82) is 0 Å². The van der Waals surface area contributed by atoms with Crippen LogP contribution in [0.2, 0.25) is 0 Å². The summed E-state index contributed by atoms with van der Waals surface area (Å²) >= 11 is 0. The highest BCUT2D eigenvalue weighted by molar-refractivity contribution is 6.27. The summed E-state index contributed by atoms with van der Waals surface area (Å²) in [5.74, 6) is -2.36. The van der Waals surface area contributed by atoms with E-state index >= 15 is 0 Å². The van der Waals surface area contributed by atoms with Crippen LogP contribution in [0.3, 0.4) is 0 Å². The third-order valence-electron chi connectivity index (χ3n) is 4.94. The summed E-state index contributed by atoms with van der Waals surface area (Å²) in [5.41, 5.74) is 1.41. The van der Waals surface area contributed by atoms with Crippen molar-refractivity contribution < 1.29 is 24.2 Å². The van der Waals surface area contributed by atoms with Crippen molar-refractivity contribution >= 4 is 34.8 Å². The number of nitrogens with zero attached hydrogens (tertiary/aromatic N) is 3. The van der Waals surface area contributed by atoms with Crippen LogP contribution < -0.4 is 0 Å². The molecule has 2 aliphatic rings. The number of ether oxygens (including phenoxy) is 2. The van der Waals surface area contributed by atoms with Gasteiger partial charge in [-0.25, -0.2) is 4.98 Å². The molecule has 0 radical (unpaired) electrons. The van der Waals surface area contributed by atoms with Gasteiger partial charge in [-0.2, -0.15) is 0 Å². The standard InChI is InChI=1S/C20H22N4O5/c1-2-28-20(27)16-17(26)15(10-12-11-22-18-14(12)4-3-7-21-18)29-19(16)23-24-8-5-13(25)6-9-24/h3-4,7,10-11,13,16,25H,2,5-6,8-9H2,1H3,(H,21,22)/b15-10-,23-19+. The third kappa shape index (κ3) is 3.86. The third-order valence-corrected chi connectivity index (χ3v) is 4.94. The topological polar surface area (TPSA) is 117 Å². The zero-order valence-electron chi connectivity index (χ0n) is 16.0. The molecule has 2 aliphatic heterocycles. The predicted molar refractivity (Wildman–Crippen MR) is 105 cm³/mol. The van der Waals surface area contributed by atoms with Crippen LogP contribution in [0, 0.1) is 5.92 Å². The Morgan fingerprint density at radius 1 is 1.48 bits per heavy atom. The number of H-pyrrole nitrogens is 1. The summed E-state index contributed by atoms with van der Waals surface area (Å²) in [7, 11) is 0. The number of ketones is 1. The number of hydrogen-bond donors (Lipinski definition) is 2. The molecular weight excluding hydrogens is 376 g/mol. The maximum absolute atomic E-state index is 12.9. The van der Waals surface area contributed by atoms with Crippen LogP contribution in [0.4, 0.5) is 0 Å². The Balaban J connectivity index is 1.66. The van der Waals surface area contributed by atoms with Crippen molar-refractivity contribution in [3.05, 3.63) is 35.8 Å². The van der Waals surface area contributed by atoms with E-state index in [1.54, 1.807) is 36.5 Å². The molecule has 0 amide bonds. The SMILES string of the molecule is CCOC(=O)C1C(=O)/C(=C/c2c[nH]c3ncccc23)O/C1=N/N1CCC(O)CC1. The van der Waals surface area contributed by atoms with E-state index in [-0.39, 0.29) is 24.4 Å². The number of Topliss-reactive ketones (excluding diaryl/α,β-unsaturated/α-hetero) is 1. The Bertz CT molecular complexity index is 988. The molecule has 0 aromatic carbocycles. The van der Waals surface area contributed by atoms with Gasteiger partial charge in [0.15, 0.2) is 5.76 Å². The summed E-state index contributed by atoms with van der Waals surface area (Å²) in [6.45, 7) is 2.87. The number of aliphatic hydroxyl groups is 1. The Hall–Kier alpha value is -3.20. The van der Waals surface area contributed by atoms with Gasteiger partial charge in [0.05, 0.1) is 12.7 Å². The number of hydrazone groups is 1. The van der Waals surface area contributed by atoms with Crippen LogP contribution in [0.1, 0.15) is 25.3 Å². The first kappa shape index (κ1) is 19.1. The number of pyridine rings is 1. The average molecular weight is 398 g/mol. The lowest BCUT2D eigenvalue weighted by Crippen LogP contribution is -2.35. The Morgan fingerprint density at radius 3 is 3.03 bits per heavy atom. The number of rotatable bonds is 4. The van der Waals surface area contributed by atoms with E-state index in [4.69, 9.17) is 9.47 Å². The van der Waals surface area contributed by atoms with Crippen LogP contribution in [0.15, 0.2) is 35.4 Å². The van der Waals surface area contributed by atoms with Gasteiger partial charge in [-0.15, -0.1) is 5.10 Å². The second-order valence-corrected chi connectivity index (χ2v) is 6.93. The van der Waals surface area contributed by atoms with Crippen molar-refractivity contribution in [3.8, 4) is 0 Å². The maximum atomic E-state index is 12.9. The van der Waals surface area contributed by atoms with Crippen LogP contribution in [0.5, 0.6) is 0 Å². The van der Waals surface area contributed by atoms with Crippen molar-refractivity contribution in [2.75, 3.05) is 19.7 Å². The Labute approximate surface area is 167 Å². The largest absolute Gasteiger partial charge is 0.465 e. The molecule has 29 heavy (non-hydrogen) atoms. The van der Waals surface area contributed by atoms with Gasteiger partial charge < -0.3 is 19.6 Å². The Kier molecular flexibility index (Phi) is 5.30. The highest BCUT2D eigenvalue weighted by atomic mass is 16.5. The van der Waals surface area contributed by atoms with Crippen molar-refractivity contribution in [3.63, 3.8) is 0 Å². The summed E-state index contributed by atoms with van der Waals surface area (Å²) in [6.07, 6.45) is 5.76. The van der Waals surface area contributed by atoms with Gasteiger partial charge in [-0.1, -0.05) is 0 Å². The van der Waals surface area contributed by atoms with E-state index < -0.39 is 17.7 Å². The molecule has 0 bridgehead atoms. The molecule has 9 heteroatoms. The number of nitrogens with one attached hydrogen (secondary N) is 1. The average Bonchev–Trinajstić information content (AvgIpc) is 3.25. The van der Waals surface area contributed by atoms with E-state index in [0.29, 0.717) is 31.6 Å². The quantitative estimate of drug-likeness (QED) is 0.455. The highest BCUT2D eigenvalue weighted by Crippen LogP contribution is 2.28. The molecule has 2 saturated heterocycles. The number of aromatic amines is 1. The molecule has 0 saturated carbocycles. The van der Waals surface area contributed by atoms with E-state index in [2.05, 4.69) is 15.1 Å². The number of piperidine rings is 1. The zero-order chi connectivity index (χ0) is 20.4. The number of aliphatic hydroxyl groups excluding tert-OH is 1. The number of aromatic nitrogens is 2. The van der Waals surface area contributed by atoms with Crippen molar-refractivity contribution in [1.82, 2.24) is 15.0 Å². The van der Waals surface area contributed by atoms with Crippen LogP contribution in [-0.2, 0) is 19.1 Å². The predicted octanol–water partition coefficient (Wildman–Crippen LogP) is 1.45. The fraction of sp³-hybridized carbons (Fsp3) is 0.400. The minimum atomic E-state index is -1.23. The molecule has 4 rings (SSSR count). The monoisotopic (exact) mass is 398 g/mol. The molecule has 2 fully saturated rings. The first-order valence-electron chi connectivity index (χ1n) is 9.61. The van der Waals surface area contributed by atoms with Crippen LogP contribution >= 0.6 is 0 Å². The van der Waals surface area contributed by atoms with Gasteiger partial charge in [-0.05, 0) is 38.0 Å². The lowest BCUT2D eigenvalue weighted by atomic mass is 10.0. The van der Waals surface area contributed by atoms with Gasteiger partial charge in [0.25, 0.3) is 0 Å². The molecule has 4 heterocycles.